The average Bonchev–Trinajstić information content (AvgIpc) is 2.75. The van der Waals surface area contributed by atoms with Gasteiger partial charge in [0.2, 0.25) is 0 Å². The first-order chi connectivity index (χ1) is 8.95. The predicted octanol–water partition coefficient (Wildman–Crippen LogP) is 1.74. The van der Waals surface area contributed by atoms with E-state index in [-0.39, 0.29) is 12.1 Å². The molecule has 0 saturated heterocycles. The highest BCUT2D eigenvalue weighted by atomic mass is 19.3. The van der Waals surface area contributed by atoms with Gasteiger partial charge in [0.05, 0.1) is 6.54 Å². The lowest BCUT2D eigenvalue weighted by Gasteiger charge is -2.14. The number of carbonyl (C=O) groups is 2. The van der Waals surface area contributed by atoms with Crippen LogP contribution >= 0.6 is 0 Å². The first-order valence-corrected chi connectivity index (χ1v) is 5.92. The number of rotatable bonds is 7. The molecule has 0 saturated carbocycles. The van der Waals surface area contributed by atoms with Gasteiger partial charge < -0.3 is 15.0 Å². The minimum absolute atomic E-state index is 0.0302. The molecule has 7 heteroatoms. The van der Waals surface area contributed by atoms with Crippen molar-refractivity contribution in [3.05, 3.63) is 24.0 Å². The van der Waals surface area contributed by atoms with E-state index in [1.807, 2.05) is 0 Å². The highest BCUT2D eigenvalue weighted by molar-refractivity contribution is 5.95. The molecule has 0 aliphatic rings. The van der Waals surface area contributed by atoms with Crippen LogP contribution in [-0.2, 0) is 11.3 Å². The Kier molecular flexibility index (Phi) is 5.47. The molecule has 2 N–H and O–H groups in total. The summed E-state index contributed by atoms with van der Waals surface area (Å²) in [5.41, 5.74) is 0.0302. The lowest BCUT2D eigenvalue weighted by atomic mass is 10.1. The van der Waals surface area contributed by atoms with Gasteiger partial charge in [-0.05, 0) is 18.6 Å². The maximum absolute atomic E-state index is 12.3. The third-order valence-electron chi connectivity index (χ3n) is 2.58. The van der Waals surface area contributed by atoms with Crippen molar-refractivity contribution in [3.63, 3.8) is 0 Å². The van der Waals surface area contributed by atoms with Gasteiger partial charge in [-0.25, -0.2) is 13.6 Å². The summed E-state index contributed by atoms with van der Waals surface area (Å²) in [6.07, 6.45) is -0.340. The van der Waals surface area contributed by atoms with E-state index in [1.165, 1.54) is 18.3 Å². The van der Waals surface area contributed by atoms with Crippen molar-refractivity contribution in [1.29, 1.82) is 0 Å². The van der Waals surface area contributed by atoms with Crippen molar-refractivity contribution >= 4 is 11.9 Å². The molecule has 1 heterocycles. The first kappa shape index (κ1) is 15.1. The number of carboxylic acids is 1. The van der Waals surface area contributed by atoms with E-state index in [1.54, 1.807) is 6.92 Å². The van der Waals surface area contributed by atoms with Gasteiger partial charge in [0.25, 0.3) is 12.3 Å². The normalized spacial score (nSPS) is 12.4. The Hall–Kier alpha value is -1.92. The summed E-state index contributed by atoms with van der Waals surface area (Å²) in [5.74, 6) is -1.80. The van der Waals surface area contributed by atoms with Gasteiger partial charge in [0.15, 0.2) is 0 Å². The highest BCUT2D eigenvalue weighted by Crippen LogP contribution is 2.07. The van der Waals surface area contributed by atoms with Gasteiger partial charge >= 0.3 is 5.97 Å². The number of aliphatic carboxylic acids is 1. The molecule has 1 aromatic heterocycles. The Balaban J connectivity index is 2.77. The minimum atomic E-state index is -2.58. The molecule has 1 aromatic rings. The van der Waals surface area contributed by atoms with Crippen LogP contribution in [0.15, 0.2) is 18.3 Å². The van der Waals surface area contributed by atoms with E-state index in [9.17, 15) is 18.4 Å². The molecule has 0 radical (unpaired) electrons. The molecule has 0 aliphatic heterocycles. The molecular formula is C12H16F2N2O3. The van der Waals surface area contributed by atoms with Crippen LogP contribution in [0.5, 0.6) is 0 Å². The van der Waals surface area contributed by atoms with E-state index in [2.05, 4.69) is 5.32 Å². The molecule has 0 spiro atoms. The standard InChI is InChI=1S/C12H16F2N2O3/c1-2-4-8(12(18)19)15-11(17)9-5-3-6-16(9)7-10(13)14/h3,5-6,8,10H,2,4,7H2,1H3,(H,15,17)(H,18,19). The van der Waals surface area contributed by atoms with E-state index < -0.39 is 30.9 Å². The zero-order valence-electron chi connectivity index (χ0n) is 10.5. The number of carbonyl (C=O) groups excluding carboxylic acids is 1. The molecule has 106 valence electrons. The van der Waals surface area contributed by atoms with E-state index in [0.717, 1.165) is 4.57 Å². The van der Waals surface area contributed by atoms with Crippen LogP contribution in [0.25, 0.3) is 0 Å². The lowest BCUT2D eigenvalue weighted by Crippen LogP contribution is -2.41. The van der Waals surface area contributed by atoms with Crippen molar-refractivity contribution < 1.29 is 23.5 Å². The Morgan fingerprint density at radius 2 is 2.16 bits per heavy atom. The Labute approximate surface area is 109 Å². The molecule has 1 amide bonds. The predicted molar refractivity (Wildman–Crippen MR) is 64.2 cm³/mol. The fourth-order valence-corrected chi connectivity index (χ4v) is 1.71. The smallest absolute Gasteiger partial charge is 0.326 e. The zero-order valence-corrected chi connectivity index (χ0v) is 10.5. The summed E-state index contributed by atoms with van der Waals surface area (Å²) in [6.45, 7) is 1.20. The van der Waals surface area contributed by atoms with Crippen LogP contribution in [0.3, 0.4) is 0 Å². The second kappa shape index (κ2) is 6.86. The summed E-state index contributed by atoms with van der Waals surface area (Å²) in [7, 11) is 0. The van der Waals surface area contributed by atoms with Crippen molar-refractivity contribution in [1.82, 2.24) is 9.88 Å². The fraction of sp³-hybridized carbons (Fsp3) is 0.500. The van der Waals surface area contributed by atoms with E-state index >= 15 is 0 Å². The maximum atomic E-state index is 12.3. The van der Waals surface area contributed by atoms with Gasteiger partial charge in [0, 0.05) is 6.20 Å². The maximum Gasteiger partial charge on any atom is 0.326 e. The molecule has 19 heavy (non-hydrogen) atoms. The van der Waals surface area contributed by atoms with Gasteiger partial charge in [-0.3, -0.25) is 4.79 Å². The third kappa shape index (κ3) is 4.35. The largest absolute Gasteiger partial charge is 0.480 e. The van der Waals surface area contributed by atoms with Crippen LogP contribution in [0.2, 0.25) is 0 Å². The van der Waals surface area contributed by atoms with Crippen LogP contribution in [-0.4, -0.2) is 34.0 Å². The summed E-state index contributed by atoms with van der Waals surface area (Å²) >= 11 is 0. The van der Waals surface area contributed by atoms with Crippen molar-refractivity contribution in [3.8, 4) is 0 Å². The number of aromatic nitrogens is 1. The van der Waals surface area contributed by atoms with Crippen molar-refractivity contribution in [2.24, 2.45) is 0 Å². The van der Waals surface area contributed by atoms with Crippen LogP contribution in [0.4, 0.5) is 8.78 Å². The highest BCUT2D eigenvalue weighted by Gasteiger charge is 2.21. The number of halogens is 2. The second-order valence-corrected chi connectivity index (χ2v) is 4.09. The monoisotopic (exact) mass is 274 g/mol. The topological polar surface area (TPSA) is 71.3 Å². The van der Waals surface area contributed by atoms with Crippen LogP contribution in [0, 0.1) is 0 Å². The Bertz CT molecular complexity index is 446. The number of hydrogen-bond acceptors (Lipinski definition) is 2. The van der Waals surface area contributed by atoms with Gasteiger partial charge in [0.1, 0.15) is 11.7 Å². The second-order valence-electron chi connectivity index (χ2n) is 4.09. The molecule has 1 rings (SSSR count). The Morgan fingerprint density at radius 1 is 1.47 bits per heavy atom. The molecule has 0 aromatic carbocycles. The van der Waals surface area contributed by atoms with Crippen LogP contribution in [0.1, 0.15) is 30.3 Å². The number of nitrogens with zero attached hydrogens (tertiary/aromatic N) is 1. The number of carboxylic acid groups (broad SMARTS) is 1. The van der Waals surface area contributed by atoms with Crippen LogP contribution < -0.4 is 5.32 Å². The molecule has 0 bridgehead atoms. The van der Waals surface area contributed by atoms with Gasteiger partial charge in [-0.1, -0.05) is 13.3 Å². The lowest BCUT2D eigenvalue weighted by molar-refractivity contribution is -0.139. The third-order valence-corrected chi connectivity index (χ3v) is 2.58. The zero-order chi connectivity index (χ0) is 14.4. The summed E-state index contributed by atoms with van der Waals surface area (Å²) in [6, 6.07) is 1.84. The molecule has 0 aliphatic carbocycles. The van der Waals surface area contributed by atoms with E-state index in [0.29, 0.717) is 6.42 Å². The molecule has 5 nitrogen and oxygen atoms in total. The van der Waals surface area contributed by atoms with E-state index in [4.69, 9.17) is 5.11 Å². The Morgan fingerprint density at radius 3 is 2.68 bits per heavy atom. The SMILES string of the molecule is CCCC(NC(=O)c1cccn1CC(F)F)C(=O)O. The van der Waals surface area contributed by atoms with Gasteiger partial charge in [-0.2, -0.15) is 0 Å². The molecule has 0 fully saturated rings. The number of nitrogens with one attached hydrogen (secondary N) is 1. The average molecular weight is 274 g/mol. The number of hydrogen-bond donors (Lipinski definition) is 2. The first-order valence-electron chi connectivity index (χ1n) is 5.92. The molecule has 1 atom stereocenters. The fourth-order valence-electron chi connectivity index (χ4n) is 1.71. The molecular weight excluding hydrogens is 258 g/mol. The summed E-state index contributed by atoms with van der Waals surface area (Å²) in [5, 5.41) is 11.3. The summed E-state index contributed by atoms with van der Waals surface area (Å²) in [4.78, 5) is 22.8. The minimum Gasteiger partial charge on any atom is -0.480 e. The van der Waals surface area contributed by atoms with Crippen molar-refractivity contribution in [2.75, 3.05) is 0 Å². The summed E-state index contributed by atoms with van der Waals surface area (Å²) < 4.78 is 25.7. The number of alkyl halides is 2. The molecule has 1 unspecified atom stereocenters. The van der Waals surface area contributed by atoms with Crippen molar-refractivity contribution in [2.45, 2.75) is 38.8 Å². The number of amides is 1. The van der Waals surface area contributed by atoms with Gasteiger partial charge in [-0.15, -0.1) is 0 Å². The quantitative estimate of drug-likeness (QED) is 0.795.